The summed E-state index contributed by atoms with van der Waals surface area (Å²) in [5.74, 6) is 0.908. The molecular weight excluding hydrogens is 256 g/mol. The molecule has 0 atom stereocenters. The fourth-order valence-electron chi connectivity index (χ4n) is 1.51. The molecular formula is C13H17ClO4. The largest absolute Gasteiger partial charge is 0.493 e. The van der Waals surface area contributed by atoms with Crippen LogP contribution in [0.5, 0.6) is 11.5 Å². The Labute approximate surface area is 112 Å². The van der Waals surface area contributed by atoms with E-state index < -0.39 is 0 Å². The van der Waals surface area contributed by atoms with Gasteiger partial charge in [-0.2, -0.15) is 0 Å². The Balaban J connectivity index is 2.70. The molecule has 0 spiro atoms. The third kappa shape index (κ3) is 4.20. The summed E-state index contributed by atoms with van der Waals surface area (Å²) in [4.78, 5) is 11.0. The van der Waals surface area contributed by atoms with Gasteiger partial charge < -0.3 is 14.2 Å². The number of unbranched alkanes of at least 4 members (excludes halogenated alkanes) is 1. The smallest absolute Gasteiger partial charge is 0.171 e. The van der Waals surface area contributed by atoms with Crippen LogP contribution in [0, 0.1) is 0 Å². The lowest BCUT2D eigenvalue weighted by Crippen LogP contribution is -2.03. The first-order valence-electron chi connectivity index (χ1n) is 5.67. The van der Waals surface area contributed by atoms with Crippen LogP contribution in [0.1, 0.15) is 23.2 Å². The third-order valence-corrected chi connectivity index (χ3v) is 2.60. The van der Waals surface area contributed by atoms with E-state index in [9.17, 15) is 4.79 Å². The average molecular weight is 273 g/mol. The van der Waals surface area contributed by atoms with Gasteiger partial charge in [-0.25, -0.2) is 0 Å². The average Bonchev–Trinajstić information content (AvgIpc) is 2.39. The molecule has 1 aromatic rings. The minimum atomic E-state index is 0.395. The Kier molecular flexibility index (Phi) is 6.54. The van der Waals surface area contributed by atoms with Crippen LogP contribution in [0.4, 0.5) is 0 Å². The second kappa shape index (κ2) is 7.95. The van der Waals surface area contributed by atoms with Gasteiger partial charge in [0, 0.05) is 24.8 Å². The third-order valence-electron chi connectivity index (χ3n) is 2.38. The first-order chi connectivity index (χ1) is 8.72. The molecule has 5 heteroatoms. The van der Waals surface area contributed by atoms with Crippen molar-refractivity contribution >= 4 is 17.9 Å². The van der Waals surface area contributed by atoms with Gasteiger partial charge in [-0.3, -0.25) is 4.79 Å². The first-order valence-corrected chi connectivity index (χ1v) is 6.05. The molecule has 0 aliphatic heterocycles. The molecule has 4 nitrogen and oxygen atoms in total. The molecule has 0 heterocycles. The highest BCUT2D eigenvalue weighted by molar-refractivity contribution is 6.31. The summed E-state index contributed by atoms with van der Waals surface area (Å²) in [5.41, 5.74) is 0.395. The molecule has 0 N–H and O–H groups in total. The van der Waals surface area contributed by atoms with Gasteiger partial charge in [-0.15, -0.1) is 0 Å². The molecule has 0 aliphatic rings. The fourth-order valence-corrected chi connectivity index (χ4v) is 1.72. The highest BCUT2D eigenvalue weighted by Gasteiger charge is 2.12. The standard InChI is InChI=1S/C13H17ClO4/c1-16-5-3-4-6-18-13-10(9-15)7-11(14)8-12(13)17-2/h7-9H,3-6H2,1-2H3. The van der Waals surface area contributed by atoms with Gasteiger partial charge in [0.05, 0.1) is 19.3 Å². The Bertz CT molecular complexity index is 393. The maximum Gasteiger partial charge on any atom is 0.171 e. The highest BCUT2D eigenvalue weighted by atomic mass is 35.5. The van der Waals surface area contributed by atoms with Gasteiger partial charge >= 0.3 is 0 Å². The molecule has 0 aromatic heterocycles. The van der Waals surface area contributed by atoms with E-state index in [4.69, 9.17) is 25.8 Å². The first kappa shape index (κ1) is 14.8. The summed E-state index contributed by atoms with van der Waals surface area (Å²) >= 11 is 5.87. The van der Waals surface area contributed by atoms with Gasteiger partial charge in [0.1, 0.15) is 0 Å². The number of carbonyl (C=O) groups excluding carboxylic acids is 1. The quantitative estimate of drug-likeness (QED) is 0.539. The molecule has 100 valence electrons. The van der Waals surface area contributed by atoms with Crippen LogP contribution in [0.25, 0.3) is 0 Å². The van der Waals surface area contributed by atoms with Crippen LogP contribution in [0.15, 0.2) is 12.1 Å². The van der Waals surface area contributed by atoms with E-state index in [2.05, 4.69) is 0 Å². The van der Waals surface area contributed by atoms with Crippen molar-refractivity contribution < 1.29 is 19.0 Å². The minimum Gasteiger partial charge on any atom is -0.493 e. The zero-order chi connectivity index (χ0) is 13.4. The van der Waals surface area contributed by atoms with Crippen molar-refractivity contribution in [2.24, 2.45) is 0 Å². The van der Waals surface area contributed by atoms with E-state index in [0.29, 0.717) is 41.6 Å². The van der Waals surface area contributed by atoms with Crippen molar-refractivity contribution in [2.75, 3.05) is 27.4 Å². The van der Waals surface area contributed by atoms with Crippen LogP contribution >= 0.6 is 11.6 Å². The molecule has 0 bridgehead atoms. The molecule has 0 saturated heterocycles. The lowest BCUT2D eigenvalue weighted by atomic mass is 10.2. The maximum atomic E-state index is 11.0. The number of rotatable bonds is 8. The Hall–Kier alpha value is -1.26. The number of halogens is 1. The monoisotopic (exact) mass is 272 g/mol. The molecule has 1 aromatic carbocycles. The second-order valence-corrected chi connectivity index (χ2v) is 4.13. The predicted octanol–water partition coefficient (Wildman–Crippen LogP) is 2.97. The van der Waals surface area contributed by atoms with Crippen LogP contribution in [-0.4, -0.2) is 33.7 Å². The predicted molar refractivity (Wildman–Crippen MR) is 70.0 cm³/mol. The Morgan fingerprint density at radius 1 is 1.22 bits per heavy atom. The molecule has 0 amide bonds. The van der Waals surface area contributed by atoms with E-state index in [1.54, 1.807) is 19.2 Å². The number of hydrogen-bond acceptors (Lipinski definition) is 4. The zero-order valence-corrected chi connectivity index (χ0v) is 11.3. The summed E-state index contributed by atoms with van der Waals surface area (Å²) in [7, 11) is 3.17. The SMILES string of the molecule is COCCCCOc1c(C=O)cc(Cl)cc1OC. The summed E-state index contributed by atoms with van der Waals surface area (Å²) < 4.78 is 15.7. The fraction of sp³-hybridized carbons (Fsp3) is 0.462. The Morgan fingerprint density at radius 2 is 1.94 bits per heavy atom. The van der Waals surface area contributed by atoms with Crippen molar-refractivity contribution in [1.29, 1.82) is 0 Å². The minimum absolute atomic E-state index is 0.395. The van der Waals surface area contributed by atoms with Crippen LogP contribution in [0.3, 0.4) is 0 Å². The number of carbonyl (C=O) groups is 1. The van der Waals surface area contributed by atoms with E-state index in [1.165, 1.54) is 7.11 Å². The van der Waals surface area contributed by atoms with Crippen LogP contribution in [-0.2, 0) is 4.74 Å². The summed E-state index contributed by atoms with van der Waals surface area (Å²) in [6, 6.07) is 3.18. The summed E-state index contributed by atoms with van der Waals surface area (Å²) in [6.07, 6.45) is 2.46. The van der Waals surface area contributed by atoms with Gasteiger partial charge in [0.2, 0.25) is 0 Å². The molecule has 0 unspecified atom stereocenters. The van der Waals surface area contributed by atoms with Crippen LogP contribution in [0.2, 0.25) is 5.02 Å². The lowest BCUT2D eigenvalue weighted by Gasteiger charge is -2.13. The molecule has 1 rings (SSSR count). The number of benzene rings is 1. The highest BCUT2D eigenvalue weighted by Crippen LogP contribution is 2.33. The van der Waals surface area contributed by atoms with Gasteiger partial charge in [0.25, 0.3) is 0 Å². The van der Waals surface area contributed by atoms with Gasteiger partial charge in [-0.05, 0) is 18.9 Å². The van der Waals surface area contributed by atoms with Crippen molar-refractivity contribution in [1.82, 2.24) is 0 Å². The van der Waals surface area contributed by atoms with E-state index in [-0.39, 0.29) is 0 Å². The lowest BCUT2D eigenvalue weighted by molar-refractivity contribution is 0.111. The Morgan fingerprint density at radius 3 is 2.56 bits per heavy atom. The number of methoxy groups -OCH3 is 2. The molecule has 0 saturated carbocycles. The zero-order valence-electron chi connectivity index (χ0n) is 10.6. The second-order valence-electron chi connectivity index (χ2n) is 3.69. The van der Waals surface area contributed by atoms with Crippen molar-refractivity contribution in [3.63, 3.8) is 0 Å². The summed E-state index contributed by atoms with van der Waals surface area (Å²) in [5, 5.41) is 0.445. The van der Waals surface area contributed by atoms with E-state index in [0.717, 1.165) is 12.8 Å². The molecule has 0 aliphatic carbocycles. The molecule has 18 heavy (non-hydrogen) atoms. The van der Waals surface area contributed by atoms with Crippen molar-refractivity contribution in [3.8, 4) is 11.5 Å². The summed E-state index contributed by atoms with van der Waals surface area (Å²) in [6.45, 7) is 1.20. The maximum absolute atomic E-state index is 11.0. The number of hydrogen-bond donors (Lipinski definition) is 0. The topological polar surface area (TPSA) is 44.8 Å². The van der Waals surface area contributed by atoms with Crippen LogP contribution < -0.4 is 9.47 Å². The van der Waals surface area contributed by atoms with E-state index in [1.807, 2.05) is 0 Å². The number of aldehydes is 1. The van der Waals surface area contributed by atoms with Crippen molar-refractivity contribution in [2.45, 2.75) is 12.8 Å². The van der Waals surface area contributed by atoms with Crippen molar-refractivity contribution in [3.05, 3.63) is 22.7 Å². The number of ether oxygens (including phenoxy) is 3. The normalized spacial score (nSPS) is 10.2. The molecule has 0 fully saturated rings. The van der Waals surface area contributed by atoms with E-state index >= 15 is 0 Å². The van der Waals surface area contributed by atoms with Gasteiger partial charge in [0.15, 0.2) is 17.8 Å². The molecule has 0 radical (unpaired) electrons. The van der Waals surface area contributed by atoms with Gasteiger partial charge in [-0.1, -0.05) is 11.6 Å².